The quantitative estimate of drug-likeness (QED) is 0.483. The molecular weight excluding hydrogens is 368 g/mol. The standard InChI is InChI=1S/C20H22N8O/c1-3-17(29)27-20(2)7-13(8-20)25-19-22-10-15-14(9-21-18(15)26-19)12-4-5-28-16(6-12)23-11-24-28/h4-6,9-11,13H,3,7-8H2,1-2H3,(H,27,29)(H2,21,22,25,26). The van der Waals surface area contributed by atoms with Gasteiger partial charge in [0.15, 0.2) is 5.65 Å². The number of aromatic nitrogens is 6. The number of aromatic amines is 1. The average molecular weight is 390 g/mol. The van der Waals surface area contributed by atoms with Gasteiger partial charge < -0.3 is 15.6 Å². The fourth-order valence-corrected chi connectivity index (χ4v) is 4.04. The fourth-order valence-electron chi connectivity index (χ4n) is 4.04. The van der Waals surface area contributed by atoms with Crippen LogP contribution in [0.1, 0.15) is 33.1 Å². The number of fused-ring (bicyclic) bond motifs is 2. The van der Waals surface area contributed by atoms with Gasteiger partial charge in [-0.05, 0) is 37.5 Å². The van der Waals surface area contributed by atoms with E-state index in [2.05, 4.69) is 42.6 Å². The minimum Gasteiger partial charge on any atom is -0.351 e. The monoisotopic (exact) mass is 390 g/mol. The molecule has 3 N–H and O–H groups in total. The van der Waals surface area contributed by atoms with Gasteiger partial charge in [0.1, 0.15) is 12.0 Å². The zero-order chi connectivity index (χ0) is 20.0. The summed E-state index contributed by atoms with van der Waals surface area (Å²) in [4.78, 5) is 28.2. The number of hydrogen-bond acceptors (Lipinski definition) is 6. The maximum atomic E-state index is 11.6. The molecule has 148 valence electrons. The highest BCUT2D eigenvalue weighted by atomic mass is 16.1. The molecule has 0 aliphatic heterocycles. The maximum Gasteiger partial charge on any atom is 0.224 e. The van der Waals surface area contributed by atoms with Gasteiger partial charge >= 0.3 is 0 Å². The molecular formula is C20H22N8O. The van der Waals surface area contributed by atoms with Gasteiger partial charge in [-0.2, -0.15) is 10.1 Å². The number of nitrogens with one attached hydrogen (secondary N) is 3. The molecule has 1 fully saturated rings. The van der Waals surface area contributed by atoms with E-state index in [0.29, 0.717) is 12.4 Å². The van der Waals surface area contributed by atoms with Gasteiger partial charge in [0.25, 0.3) is 0 Å². The molecule has 0 radical (unpaired) electrons. The number of carbonyl (C=O) groups is 1. The van der Waals surface area contributed by atoms with E-state index in [0.717, 1.165) is 40.6 Å². The van der Waals surface area contributed by atoms with E-state index in [1.165, 1.54) is 6.33 Å². The van der Waals surface area contributed by atoms with Crippen molar-refractivity contribution in [3.05, 3.63) is 37.1 Å². The minimum absolute atomic E-state index is 0.0897. The molecule has 5 rings (SSSR count). The number of H-pyrrole nitrogens is 1. The Kier molecular flexibility index (Phi) is 3.97. The molecule has 0 aromatic carbocycles. The highest BCUT2D eigenvalue weighted by Gasteiger charge is 2.41. The second-order valence-electron chi connectivity index (χ2n) is 7.85. The van der Waals surface area contributed by atoms with Crippen LogP contribution in [0, 0.1) is 0 Å². The predicted molar refractivity (Wildman–Crippen MR) is 109 cm³/mol. The topological polar surface area (TPSA) is 113 Å². The number of amides is 1. The van der Waals surface area contributed by atoms with Crippen LogP contribution < -0.4 is 10.6 Å². The molecule has 0 atom stereocenters. The molecule has 0 saturated heterocycles. The third-order valence-corrected chi connectivity index (χ3v) is 5.51. The SMILES string of the molecule is CCC(=O)NC1(C)CC(Nc2ncc3c(-c4ccn5ncnc5c4)c[nH]c3n2)C1. The summed E-state index contributed by atoms with van der Waals surface area (Å²) in [5.41, 5.74) is 3.48. The summed E-state index contributed by atoms with van der Waals surface area (Å²) in [5, 5.41) is 11.5. The molecule has 4 heterocycles. The largest absolute Gasteiger partial charge is 0.351 e. The van der Waals surface area contributed by atoms with E-state index < -0.39 is 0 Å². The predicted octanol–water partition coefficient (Wildman–Crippen LogP) is 2.53. The molecule has 1 amide bonds. The lowest BCUT2D eigenvalue weighted by molar-refractivity contribution is -0.123. The molecule has 4 aromatic rings. The number of rotatable bonds is 5. The third kappa shape index (κ3) is 3.18. The molecule has 9 heteroatoms. The molecule has 0 unspecified atom stereocenters. The van der Waals surface area contributed by atoms with Crippen LogP contribution in [-0.2, 0) is 4.79 Å². The molecule has 0 bridgehead atoms. The van der Waals surface area contributed by atoms with E-state index in [4.69, 9.17) is 0 Å². The van der Waals surface area contributed by atoms with Gasteiger partial charge in [0.05, 0.1) is 0 Å². The Labute approximate surface area is 167 Å². The Hall–Kier alpha value is -3.49. The molecule has 1 saturated carbocycles. The summed E-state index contributed by atoms with van der Waals surface area (Å²) in [6, 6.07) is 4.23. The number of carbonyl (C=O) groups excluding carboxylic acids is 1. The summed E-state index contributed by atoms with van der Waals surface area (Å²) < 4.78 is 1.73. The Balaban J connectivity index is 1.33. The highest BCUT2D eigenvalue weighted by Crippen LogP contribution is 2.34. The minimum atomic E-state index is -0.144. The number of anilines is 1. The molecule has 4 aromatic heterocycles. The van der Waals surface area contributed by atoms with Crippen molar-refractivity contribution in [3.8, 4) is 11.1 Å². The van der Waals surface area contributed by atoms with E-state index in [-0.39, 0.29) is 17.5 Å². The van der Waals surface area contributed by atoms with Crippen molar-refractivity contribution in [1.82, 2.24) is 34.9 Å². The van der Waals surface area contributed by atoms with Crippen molar-refractivity contribution < 1.29 is 4.79 Å². The second kappa shape index (κ2) is 6.54. The molecule has 1 aliphatic rings. The van der Waals surface area contributed by atoms with Gasteiger partial charge in [-0.15, -0.1) is 0 Å². The van der Waals surface area contributed by atoms with Crippen LogP contribution in [0.5, 0.6) is 0 Å². The van der Waals surface area contributed by atoms with Gasteiger partial charge in [0.2, 0.25) is 11.9 Å². The van der Waals surface area contributed by atoms with Crippen LogP contribution in [0.25, 0.3) is 27.8 Å². The van der Waals surface area contributed by atoms with Gasteiger partial charge in [-0.1, -0.05) is 6.92 Å². The number of nitrogens with zero attached hydrogens (tertiary/aromatic N) is 5. The first kappa shape index (κ1) is 17.6. The van der Waals surface area contributed by atoms with Crippen molar-refractivity contribution in [2.45, 2.75) is 44.7 Å². The van der Waals surface area contributed by atoms with E-state index in [1.54, 1.807) is 4.52 Å². The van der Waals surface area contributed by atoms with E-state index in [1.807, 2.05) is 37.6 Å². The Morgan fingerprint density at radius 1 is 1.38 bits per heavy atom. The Bertz CT molecular complexity index is 1200. The van der Waals surface area contributed by atoms with Gasteiger partial charge in [0, 0.05) is 47.5 Å². The zero-order valence-corrected chi connectivity index (χ0v) is 16.3. The molecule has 1 aliphatic carbocycles. The first-order valence-corrected chi connectivity index (χ1v) is 9.74. The fraction of sp³-hybridized carbons (Fsp3) is 0.350. The summed E-state index contributed by atoms with van der Waals surface area (Å²) >= 11 is 0. The smallest absolute Gasteiger partial charge is 0.224 e. The zero-order valence-electron chi connectivity index (χ0n) is 16.3. The average Bonchev–Trinajstić information content (AvgIpc) is 3.32. The van der Waals surface area contributed by atoms with Crippen molar-refractivity contribution in [2.75, 3.05) is 5.32 Å². The van der Waals surface area contributed by atoms with Gasteiger partial charge in [-0.25, -0.2) is 14.5 Å². The van der Waals surface area contributed by atoms with E-state index in [9.17, 15) is 4.79 Å². The van der Waals surface area contributed by atoms with Crippen molar-refractivity contribution in [2.24, 2.45) is 0 Å². The number of hydrogen-bond donors (Lipinski definition) is 3. The molecule has 9 nitrogen and oxygen atoms in total. The normalized spacial score (nSPS) is 21.2. The van der Waals surface area contributed by atoms with Crippen LogP contribution in [0.4, 0.5) is 5.95 Å². The third-order valence-electron chi connectivity index (χ3n) is 5.51. The summed E-state index contributed by atoms with van der Waals surface area (Å²) in [6.07, 6.45) is 9.41. The van der Waals surface area contributed by atoms with Crippen LogP contribution >= 0.6 is 0 Å². The van der Waals surface area contributed by atoms with Crippen LogP contribution in [0.3, 0.4) is 0 Å². The van der Waals surface area contributed by atoms with Crippen molar-refractivity contribution >= 4 is 28.5 Å². The first-order valence-electron chi connectivity index (χ1n) is 9.74. The van der Waals surface area contributed by atoms with Gasteiger partial charge in [-0.3, -0.25) is 4.79 Å². The first-order chi connectivity index (χ1) is 14.0. The summed E-state index contributed by atoms with van der Waals surface area (Å²) in [5.74, 6) is 0.680. The van der Waals surface area contributed by atoms with Crippen LogP contribution in [0.2, 0.25) is 0 Å². The molecule has 29 heavy (non-hydrogen) atoms. The van der Waals surface area contributed by atoms with Crippen LogP contribution in [0.15, 0.2) is 37.1 Å². The molecule has 0 spiro atoms. The lowest BCUT2D eigenvalue weighted by atomic mass is 9.74. The van der Waals surface area contributed by atoms with Crippen LogP contribution in [-0.4, -0.2) is 47.0 Å². The van der Waals surface area contributed by atoms with E-state index >= 15 is 0 Å². The maximum absolute atomic E-state index is 11.6. The Morgan fingerprint density at radius 2 is 2.24 bits per heavy atom. The lowest BCUT2D eigenvalue weighted by Gasteiger charge is -2.45. The summed E-state index contributed by atoms with van der Waals surface area (Å²) in [7, 11) is 0. The Morgan fingerprint density at radius 3 is 3.07 bits per heavy atom. The lowest BCUT2D eigenvalue weighted by Crippen LogP contribution is -2.59. The summed E-state index contributed by atoms with van der Waals surface area (Å²) in [6.45, 7) is 3.94. The van der Waals surface area contributed by atoms with Crippen molar-refractivity contribution in [3.63, 3.8) is 0 Å². The highest BCUT2D eigenvalue weighted by molar-refractivity contribution is 5.93. The second-order valence-corrected chi connectivity index (χ2v) is 7.85. The number of pyridine rings is 1. The van der Waals surface area contributed by atoms with Crippen molar-refractivity contribution in [1.29, 1.82) is 0 Å².